The lowest BCUT2D eigenvalue weighted by atomic mass is 10.2. The van der Waals surface area contributed by atoms with Crippen LogP contribution in [0.15, 0.2) is 12.7 Å². The van der Waals surface area contributed by atoms with Gasteiger partial charge in [-0.15, -0.1) is 6.58 Å². The largest absolute Gasteiger partial charge is 0.301 e. The molecular formula is C10H19NOS. The van der Waals surface area contributed by atoms with Gasteiger partial charge in [-0.25, -0.2) is 0 Å². The predicted octanol–water partition coefficient (Wildman–Crippen LogP) is 1.41. The zero-order chi connectivity index (χ0) is 9.90. The molecule has 1 atom stereocenters. The Bertz CT molecular complexity index is 211. The van der Waals surface area contributed by atoms with E-state index in [2.05, 4.69) is 25.3 Å². The summed E-state index contributed by atoms with van der Waals surface area (Å²) < 4.78 is 11.6. The normalized spacial score (nSPS) is 28.6. The summed E-state index contributed by atoms with van der Waals surface area (Å²) in [7, 11) is -0.644. The number of nitrogens with zero attached hydrogens (tertiary/aromatic N) is 1. The zero-order valence-electron chi connectivity index (χ0n) is 8.58. The molecule has 0 aliphatic carbocycles. The average molecular weight is 201 g/mol. The van der Waals surface area contributed by atoms with Crippen molar-refractivity contribution in [2.75, 3.05) is 25.4 Å². The maximum atomic E-state index is 11.6. The Labute approximate surface area is 83.5 Å². The average Bonchev–Trinajstić information content (AvgIpc) is 2.07. The summed E-state index contributed by atoms with van der Waals surface area (Å²) in [5, 5.41) is 0. The summed E-state index contributed by atoms with van der Waals surface area (Å²) in [6.45, 7) is 10.9. The molecule has 0 saturated carbocycles. The van der Waals surface area contributed by atoms with Gasteiger partial charge < -0.3 is 4.90 Å². The van der Waals surface area contributed by atoms with Gasteiger partial charge in [-0.3, -0.25) is 4.21 Å². The first-order valence-corrected chi connectivity index (χ1v) is 6.10. The SMILES string of the molecule is C=CCCN1CCS(=O)C(C)(C)C1. The number of rotatable bonds is 3. The fourth-order valence-corrected chi connectivity index (χ4v) is 2.95. The Balaban J connectivity index is 2.45. The van der Waals surface area contributed by atoms with Crippen LogP contribution in [0.2, 0.25) is 0 Å². The summed E-state index contributed by atoms with van der Waals surface area (Å²) in [6, 6.07) is 0. The minimum atomic E-state index is -0.644. The van der Waals surface area contributed by atoms with Crippen molar-refractivity contribution in [3.05, 3.63) is 12.7 Å². The van der Waals surface area contributed by atoms with Crippen LogP contribution in [0, 0.1) is 0 Å². The van der Waals surface area contributed by atoms with Crippen molar-refractivity contribution in [3.8, 4) is 0 Å². The van der Waals surface area contributed by atoms with Crippen molar-refractivity contribution in [3.63, 3.8) is 0 Å². The fraction of sp³-hybridized carbons (Fsp3) is 0.800. The van der Waals surface area contributed by atoms with Crippen molar-refractivity contribution in [1.82, 2.24) is 4.90 Å². The number of hydrogen-bond donors (Lipinski definition) is 0. The van der Waals surface area contributed by atoms with Crippen LogP contribution in [-0.2, 0) is 10.8 Å². The molecule has 76 valence electrons. The Morgan fingerprint density at radius 3 is 2.85 bits per heavy atom. The molecule has 0 bridgehead atoms. The van der Waals surface area contributed by atoms with E-state index in [0.29, 0.717) is 0 Å². The van der Waals surface area contributed by atoms with E-state index in [9.17, 15) is 4.21 Å². The molecule has 1 rings (SSSR count). The van der Waals surface area contributed by atoms with E-state index in [1.165, 1.54) is 0 Å². The molecule has 0 aromatic carbocycles. The first-order chi connectivity index (χ1) is 6.06. The summed E-state index contributed by atoms with van der Waals surface area (Å²) in [4.78, 5) is 2.38. The molecule has 0 aromatic heterocycles. The molecule has 0 aromatic rings. The van der Waals surface area contributed by atoms with E-state index in [1.54, 1.807) is 0 Å². The lowest BCUT2D eigenvalue weighted by Crippen LogP contribution is -2.50. The Morgan fingerprint density at radius 2 is 2.31 bits per heavy atom. The summed E-state index contributed by atoms with van der Waals surface area (Å²) in [5.74, 6) is 0.824. The van der Waals surface area contributed by atoms with Crippen molar-refractivity contribution in [2.45, 2.75) is 25.0 Å². The monoisotopic (exact) mass is 201 g/mol. The molecule has 1 aliphatic heterocycles. The molecule has 1 fully saturated rings. The second-order valence-corrected chi connectivity index (χ2v) is 6.37. The molecule has 0 N–H and O–H groups in total. The van der Waals surface area contributed by atoms with Gasteiger partial charge in [0.05, 0.1) is 4.75 Å². The summed E-state index contributed by atoms with van der Waals surface area (Å²) >= 11 is 0. The van der Waals surface area contributed by atoms with Crippen LogP contribution in [-0.4, -0.2) is 39.2 Å². The first kappa shape index (κ1) is 10.9. The minimum Gasteiger partial charge on any atom is -0.301 e. The van der Waals surface area contributed by atoms with Crippen LogP contribution in [0.25, 0.3) is 0 Å². The third-order valence-corrected chi connectivity index (χ3v) is 4.38. The maximum Gasteiger partial charge on any atom is 0.0530 e. The van der Waals surface area contributed by atoms with Crippen molar-refractivity contribution >= 4 is 10.8 Å². The molecule has 1 aliphatic rings. The molecule has 0 amide bonds. The van der Waals surface area contributed by atoms with E-state index in [1.807, 2.05) is 6.08 Å². The Kier molecular flexibility index (Phi) is 3.68. The molecule has 1 saturated heterocycles. The lowest BCUT2D eigenvalue weighted by molar-refractivity contribution is 0.260. The highest BCUT2D eigenvalue weighted by atomic mass is 32.2. The van der Waals surface area contributed by atoms with Gasteiger partial charge in [-0.1, -0.05) is 6.08 Å². The van der Waals surface area contributed by atoms with Crippen LogP contribution >= 0.6 is 0 Å². The van der Waals surface area contributed by atoms with Crippen LogP contribution in [0.4, 0.5) is 0 Å². The quantitative estimate of drug-likeness (QED) is 0.643. The van der Waals surface area contributed by atoms with Gasteiger partial charge in [-0.05, 0) is 20.3 Å². The van der Waals surface area contributed by atoms with Crippen LogP contribution in [0.1, 0.15) is 20.3 Å². The second-order valence-electron chi connectivity index (χ2n) is 4.16. The molecule has 0 radical (unpaired) electrons. The van der Waals surface area contributed by atoms with Crippen LogP contribution in [0.3, 0.4) is 0 Å². The topological polar surface area (TPSA) is 20.3 Å². The highest BCUT2D eigenvalue weighted by Crippen LogP contribution is 2.19. The maximum absolute atomic E-state index is 11.6. The molecule has 1 unspecified atom stereocenters. The van der Waals surface area contributed by atoms with Crippen LogP contribution < -0.4 is 0 Å². The number of hydrogen-bond acceptors (Lipinski definition) is 2. The lowest BCUT2D eigenvalue weighted by Gasteiger charge is -2.37. The van der Waals surface area contributed by atoms with Crippen molar-refractivity contribution < 1.29 is 4.21 Å². The van der Waals surface area contributed by atoms with Gasteiger partial charge in [0.2, 0.25) is 0 Å². The van der Waals surface area contributed by atoms with E-state index in [0.717, 1.165) is 31.8 Å². The standard InChI is InChI=1S/C10H19NOS/c1-4-5-6-11-7-8-13(12)10(2,3)9-11/h4H,1,5-9H2,2-3H3. The highest BCUT2D eigenvalue weighted by molar-refractivity contribution is 7.86. The van der Waals surface area contributed by atoms with E-state index >= 15 is 0 Å². The van der Waals surface area contributed by atoms with E-state index in [4.69, 9.17) is 0 Å². The van der Waals surface area contributed by atoms with Crippen LogP contribution in [0.5, 0.6) is 0 Å². The van der Waals surface area contributed by atoms with Crippen molar-refractivity contribution in [1.29, 1.82) is 0 Å². The third kappa shape index (κ3) is 2.92. The summed E-state index contributed by atoms with van der Waals surface area (Å²) in [6.07, 6.45) is 2.97. The third-order valence-electron chi connectivity index (χ3n) is 2.46. The minimum absolute atomic E-state index is 0.0284. The first-order valence-electron chi connectivity index (χ1n) is 4.78. The van der Waals surface area contributed by atoms with E-state index in [-0.39, 0.29) is 4.75 Å². The van der Waals surface area contributed by atoms with Gasteiger partial charge in [0.1, 0.15) is 0 Å². The Morgan fingerprint density at radius 1 is 1.62 bits per heavy atom. The highest BCUT2D eigenvalue weighted by Gasteiger charge is 2.32. The molecule has 3 heteroatoms. The molecule has 0 spiro atoms. The van der Waals surface area contributed by atoms with Gasteiger partial charge >= 0.3 is 0 Å². The molecule has 2 nitrogen and oxygen atoms in total. The van der Waals surface area contributed by atoms with E-state index < -0.39 is 10.8 Å². The van der Waals surface area contributed by atoms with Crippen molar-refractivity contribution in [2.24, 2.45) is 0 Å². The molecule has 13 heavy (non-hydrogen) atoms. The zero-order valence-corrected chi connectivity index (χ0v) is 9.40. The van der Waals surface area contributed by atoms with Gasteiger partial charge in [0.15, 0.2) is 0 Å². The predicted molar refractivity (Wildman–Crippen MR) is 58.3 cm³/mol. The summed E-state index contributed by atoms with van der Waals surface area (Å²) in [5.41, 5.74) is 0. The van der Waals surface area contributed by atoms with Gasteiger partial charge in [0.25, 0.3) is 0 Å². The van der Waals surface area contributed by atoms with Gasteiger partial charge in [-0.2, -0.15) is 0 Å². The smallest absolute Gasteiger partial charge is 0.0530 e. The molecule has 1 heterocycles. The molecular weight excluding hydrogens is 182 g/mol. The Hall–Kier alpha value is -0.150. The second kappa shape index (κ2) is 4.38. The van der Waals surface area contributed by atoms with Gasteiger partial charge in [0, 0.05) is 36.2 Å². The fourth-order valence-electron chi connectivity index (χ4n) is 1.64.